The van der Waals surface area contributed by atoms with Gasteiger partial charge in [-0.05, 0) is 39.0 Å². The number of anilines is 2. The Morgan fingerprint density at radius 1 is 1.47 bits per heavy atom. The summed E-state index contributed by atoms with van der Waals surface area (Å²) in [7, 11) is 0. The summed E-state index contributed by atoms with van der Waals surface area (Å²) in [5, 5.41) is 2.56. The van der Waals surface area contributed by atoms with E-state index in [4.69, 9.17) is 16.9 Å². The summed E-state index contributed by atoms with van der Waals surface area (Å²) in [6.07, 6.45) is 4.69. The fourth-order valence-corrected chi connectivity index (χ4v) is 1.18. The minimum absolute atomic E-state index is 0.409. The zero-order chi connectivity index (χ0) is 13.1. The SMILES string of the molecule is C#Cc1ccc(NC(=O)OC(C)(C)C)c(N)c1. The van der Waals surface area contributed by atoms with Gasteiger partial charge in [-0.1, -0.05) is 5.92 Å². The summed E-state index contributed by atoms with van der Waals surface area (Å²) in [6.45, 7) is 5.37. The minimum Gasteiger partial charge on any atom is -0.444 e. The molecule has 0 unspecified atom stereocenters. The lowest BCUT2D eigenvalue weighted by molar-refractivity contribution is 0.0636. The maximum atomic E-state index is 11.5. The minimum atomic E-state index is -0.544. The second-order valence-electron chi connectivity index (χ2n) is 4.57. The largest absolute Gasteiger partial charge is 0.444 e. The molecule has 0 aliphatic rings. The van der Waals surface area contributed by atoms with Gasteiger partial charge >= 0.3 is 6.09 Å². The Hall–Kier alpha value is -2.15. The second-order valence-corrected chi connectivity index (χ2v) is 4.57. The van der Waals surface area contributed by atoms with Gasteiger partial charge in [0.05, 0.1) is 11.4 Å². The average Bonchev–Trinajstić information content (AvgIpc) is 2.18. The molecular formula is C13H16N2O2. The molecule has 0 atom stereocenters. The van der Waals surface area contributed by atoms with Crippen LogP contribution in [-0.2, 0) is 4.74 Å². The number of ether oxygens (including phenoxy) is 1. The van der Waals surface area contributed by atoms with Crippen molar-refractivity contribution in [1.82, 2.24) is 0 Å². The number of carbonyl (C=O) groups is 1. The summed E-state index contributed by atoms with van der Waals surface area (Å²) in [5.41, 5.74) is 6.76. The van der Waals surface area contributed by atoms with Crippen LogP contribution in [0.5, 0.6) is 0 Å². The highest BCUT2D eigenvalue weighted by atomic mass is 16.6. The zero-order valence-corrected chi connectivity index (χ0v) is 10.2. The molecule has 1 aromatic rings. The Balaban J connectivity index is 2.76. The van der Waals surface area contributed by atoms with E-state index in [1.54, 1.807) is 39.0 Å². The van der Waals surface area contributed by atoms with Crippen molar-refractivity contribution in [3.8, 4) is 12.3 Å². The van der Waals surface area contributed by atoms with Crippen LogP contribution in [0.4, 0.5) is 16.2 Å². The highest BCUT2D eigenvalue weighted by Crippen LogP contribution is 2.20. The van der Waals surface area contributed by atoms with E-state index in [1.807, 2.05) is 0 Å². The molecule has 17 heavy (non-hydrogen) atoms. The van der Waals surface area contributed by atoms with Crippen LogP contribution in [0.1, 0.15) is 26.3 Å². The number of hydrogen-bond acceptors (Lipinski definition) is 3. The first-order valence-corrected chi connectivity index (χ1v) is 5.18. The smallest absolute Gasteiger partial charge is 0.412 e. The van der Waals surface area contributed by atoms with Gasteiger partial charge in [0.2, 0.25) is 0 Å². The van der Waals surface area contributed by atoms with E-state index in [2.05, 4.69) is 11.2 Å². The van der Waals surface area contributed by atoms with Crippen molar-refractivity contribution < 1.29 is 9.53 Å². The van der Waals surface area contributed by atoms with Crippen molar-refractivity contribution in [1.29, 1.82) is 0 Å². The molecule has 0 heterocycles. The summed E-state index contributed by atoms with van der Waals surface area (Å²) in [4.78, 5) is 11.5. The monoisotopic (exact) mass is 232 g/mol. The summed E-state index contributed by atoms with van der Waals surface area (Å²) >= 11 is 0. The van der Waals surface area contributed by atoms with Gasteiger partial charge in [-0.25, -0.2) is 4.79 Å². The fourth-order valence-electron chi connectivity index (χ4n) is 1.18. The first kappa shape index (κ1) is 12.9. The van der Waals surface area contributed by atoms with Crippen LogP contribution in [0.25, 0.3) is 0 Å². The molecule has 0 aromatic heterocycles. The van der Waals surface area contributed by atoms with Crippen molar-refractivity contribution in [3.63, 3.8) is 0 Å². The van der Waals surface area contributed by atoms with Gasteiger partial charge < -0.3 is 10.5 Å². The molecule has 0 fully saturated rings. The van der Waals surface area contributed by atoms with E-state index in [-0.39, 0.29) is 0 Å². The van der Waals surface area contributed by atoms with Crippen LogP contribution in [0.3, 0.4) is 0 Å². The molecule has 0 saturated carbocycles. The van der Waals surface area contributed by atoms with Crippen molar-refractivity contribution in [2.75, 3.05) is 11.1 Å². The maximum Gasteiger partial charge on any atom is 0.412 e. The van der Waals surface area contributed by atoms with E-state index in [0.29, 0.717) is 16.9 Å². The quantitative estimate of drug-likeness (QED) is 0.577. The number of amides is 1. The number of nitrogens with one attached hydrogen (secondary N) is 1. The van der Waals surface area contributed by atoms with Gasteiger partial charge in [0.15, 0.2) is 0 Å². The normalized spacial score (nSPS) is 10.5. The lowest BCUT2D eigenvalue weighted by atomic mass is 10.2. The van der Waals surface area contributed by atoms with Gasteiger partial charge in [-0.3, -0.25) is 5.32 Å². The summed E-state index contributed by atoms with van der Waals surface area (Å²) in [6, 6.07) is 4.96. The Morgan fingerprint density at radius 2 is 2.12 bits per heavy atom. The van der Waals surface area contributed by atoms with Crippen molar-refractivity contribution in [2.45, 2.75) is 26.4 Å². The van der Waals surface area contributed by atoms with E-state index in [9.17, 15) is 4.79 Å². The first-order valence-electron chi connectivity index (χ1n) is 5.18. The molecule has 4 heteroatoms. The molecule has 90 valence electrons. The van der Waals surface area contributed by atoms with Crippen LogP contribution >= 0.6 is 0 Å². The van der Waals surface area contributed by atoms with Gasteiger partial charge in [0.25, 0.3) is 0 Å². The third-order valence-corrected chi connectivity index (χ3v) is 1.85. The van der Waals surface area contributed by atoms with E-state index in [1.165, 1.54) is 0 Å². The molecule has 0 bridgehead atoms. The van der Waals surface area contributed by atoms with Crippen molar-refractivity contribution >= 4 is 17.5 Å². The standard InChI is InChI=1S/C13H16N2O2/c1-5-9-6-7-11(10(14)8-9)15-12(16)17-13(2,3)4/h1,6-8H,14H2,2-4H3,(H,15,16). The number of nitrogen functional groups attached to an aromatic ring is 1. The number of terminal acetylenes is 1. The third kappa shape index (κ3) is 4.07. The third-order valence-electron chi connectivity index (χ3n) is 1.85. The van der Waals surface area contributed by atoms with Crippen LogP contribution in [0.2, 0.25) is 0 Å². The number of hydrogen-bond donors (Lipinski definition) is 2. The van der Waals surface area contributed by atoms with E-state index in [0.717, 1.165) is 0 Å². The Morgan fingerprint density at radius 3 is 2.59 bits per heavy atom. The van der Waals surface area contributed by atoms with Crippen molar-refractivity contribution in [2.24, 2.45) is 0 Å². The molecule has 1 aromatic carbocycles. The predicted octanol–water partition coefficient (Wildman–Crippen LogP) is 2.60. The lowest BCUT2D eigenvalue weighted by Gasteiger charge is -2.20. The zero-order valence-electron chi connectivity index (χ0n) is 10.2. The van der Waals surface area contributed by atoms with E-state index >= 15 is 0 Å². The molecule has 1 amide bonds. The van der Waals surface area contributed by atoms with Crippen LogP contribution in [-0.4, -0.2) is 11.7 Å². The molecule has 0 saturated heterocycles. The topological polar surface area (TPSA) is 64.3 Å². The predicted molar refractivity (Wildman–Crippen MR) is 68.6 cm³/mol. The van der Waals surface area contributed by atoms with Gasteiger partial charge in [-0.15, -0.1) is 6.42 Å². The number of nitrogens with two attached hydrogens (primary N) is 1. The number of rotatable bonds is 1. The fraction of sp³-hybridized carbons (Fsp3) is 0.308. The molecule has 0 aliphatic carbocycles. The lowest BCUT2D eigenvalue weighted by Crippen LogP contribution is -2.27. The molecular weight excluding hydrogens is 216 g/mol. The van der Waals surface area contributed by atoms with Crippen LogP contribution in [0.15, 0.2) is 18.2 Å². The van der Waals surface area contributed by atoms with Gasteiger partial charge in [-0.2, -0.15) is 0 Å². The molecule has 0 radical (unpaired) electrons. The molecule has 0 spiro atoms. The molecule has 1 rings (SSSR count). The van der Waals surface area contributed by atoms with Gasteiger partial charge in [0, 0.05) is 5.56 Å². The van der Waals surface area contributed by atoms with Crippen LogP contribution in [0, 0.1) is 12.3 Å². The number of benzene rings is 1. The summed E-state index contributed by atoms with van der Waals surface area (Å²) < 4.78 is 5.11. The second kappa shape index (κ2) is 4.79. The molecule has 3 N–H and O–H groups in total. The Kier molecular flexibility index (Phi) is 3.64. The van der Waals surface area contributed by atoms with Gasteiger partial charge in [0.1, 0.15) is 5.60 Å². The average molecular weight is 232 g/mol. The molecule has 4 nitrogen and oxygen atoms in total. The highest BCUT2D eigenvalue weighted by Gasteiger charge is 2.16. The first-order chi connectivity index (χ1) is 7.81. The van der Waals surface area contributed by atoms with Crippen molar-refractivity contribution in [3.05, 3.63) is 23.8 Å². The van der Waals surface area contributed by atoms with E-state index < -0.39 is 11.7 Å². The molecule has 0 aliphatic heterocycles. The summed E-state index contributed by atoms with van der Waals surface area (Å²) in [5.74, 6) is 2.46. The highest BCUT2D eigenvalue weighted by molar-refractivity contribution is 5.89. The maximum absolute atomic E-state index is 11.5. The van der Waals surface area contributed by atoms with Crippen LogP contribution < -0.4 is 11.1 Å². The Bertz CT molecular complexity index is 467. The Labute approximate surface area is 101 Å². The number of carbonyl (C=O) groups excluding carboxylic acids is 1.